The van der Waals surface area contributed by atoms with Crippen molar-refractivity contribution < 1.29 is 23.1 Å². The van der Waals surface area contributed by atoms with Crippen molar-refractivity contribution in [2.24, 2.45) is 17.6 Å². The third-order valence-corrected chi connectivity index (χ3v) is 5.32. The minimum absolute atomic E-state index is 0. The number of likely N-dealkylation sites (tertiary alicyclic amines) is 2. The van der Waals surface area contributed by atoms with Gasteiger partial charge in [-0.3, -0.25) is 9.59 Å². The predicted molar refractivity (Wildman–Crippen MR) is 103 cm³/mol. The Labute approximate surface area is 169 Å². The summed E-state index contributed by atoms with van der Waals surface area (Å²) in [6, 6.07) is 5.97. The summed E-state index contributed by atoms with van der Waals surface area (Å²) in [5.74, 6) is -0.391. The standard InChI is InChI=1S/C19H25F2N3O3.ClH/c20-19(21)27-16-6-2-1-5-15(16)18(26)23-8-3-4-14(12-23)17(25)24-9-7-13(10-22)11-24;/h1-2,5-6,13-14,19H,3-4,7-12,22H2;1H. The van der Waals surface area contributed by atoms with Crippen molar-refractivity contribution in [3.63, 3.8) is 0 Å². The van der Waals surface area contributed by atoms with Gasteiger partial charge in [-0.25, -0.2) is 0 Å². The maximum Gasteiger partial charge on any atom is 0.387 e. The van der Waals surface area contributed by atoms with E-state index in [2.05, 4.69) is 4.74 Å². The first-order valence-electron chi connectivity index (χ1n) is 9.31. The molecule has 2 aliphatic rings. The van der Waals surface area contributed by atoms with Crippen molar-refractivity contribution >= 4 is 24.2 Å². The summed E-state index contributed by atoms with van der Waals surface area (Å²) < 4.78 is 29.7. The van der Waals surface area contributed by atoms with Crippen LogP contribution in [-0.2, 0) is 4.79 Å². The van der Waals surface area contributed by atoms with Crippen LogP contribution in [-0.4, -0.2) is 60.9 Å². The zero-order valence-corrected chi connectivity index (χ0v) is 16.4. The number of benzene rings is 1. The van der Waals surface area contributed by atoms with Crippen molar-refractivity contribution in [3.8, 4) is 5.75 Å². The van der Waals surface area contributed by atoms with E-state index in [1.807, 2.05) is 4.90 Å². The number of para-hydroxylation sites is 1. The third-order valence-electron chi connectivity index (χ3n) is 5.32. The van der Waals surface area contributed by atoms with Crippen LogP contribution in [0.25, 0.3) is 0 Å². The van der Waals surface area contributed by atoms with Crippen LogP contribution in [0, 0.1) is 11.8 Å². The van der Waals surface area contributed by atoms with Gasteiger partial charge in [0.2, 0.25) is 5.91 Å². The Balaban J connectivity index is 0.00000280. The van der Waals surface area contributed by atoms with Gasteiger partial charge in [0.25, 0.3) is 5.91 Å². The van der Waals surface area contributed by atoms with E-state index in [1.54, 1.807) is 11.0 Å². The number of carbonyl (C=O) groups is 2. The van der Waals surface area contributed by atoms with Crippen molar-refractivity contribution in [1.82, 2.24) is 9.80 Å². The molecule has 156 valence electrons. The van der Waals surface area contributed by atoms with E-state index in [1.165, 1.54) is 18.2 Å². The van der Waals surface area contributed by atoms with Crippen molar-refractivity contribution in [2.45, 2.75) is 25.9 Å². The monoisotopic (exact) mass is 417 g/mol. The molecule has 28 heavy (non-hydrogen) atoms. The zero-order chi connectivity index (χ0) is 19.4. The van der Waals surface area contributed by atoms with Gasteiger partial charge in [-0.1, -0.05) is 12.1 Å². The van der Waals surface area contributed by atoms with Gasteiger partial charge in [-0.2, -0.15) is 8.78 Å². The fraction of sp³-hybridized carbons (Fsp3) is 0.579. The summed E-state index contributed by atoms with van der Waals surface area (Å²) in [7, 11) is 0. The van der Waals surface area contributed by atoms with Crippen LogP contribution in [0.3, 0.4) is 0 Å². The number of halogens is 3. The van der Waals surface area contributed by atoms with Gasteiger partial charge in [0, 0.05) is 26.2 Å². The number of hydrogen-bond acceptors (Lipinski definition) is 4. The average molecular weight is 418 g/mol. The minimum Gasteiger partial charge on any atom is -0.434 e. The SMILES string of the molecule is Cl.NCC1CCN(C(=O)C2CCCN(C(=O)c3ccccc3OC(F)F)C2)C1. The smallest absolute Gasteiger partial charge is 0.387 e. The molecule has 0 aliphatic carbocycles. The average Bonchev–Trinajstić information content (AvgIpc) is 3.16. The van der Waals surface area contributed by atoms with Gasteiger partial charge in [-0.15, -0.1) is 12.4 Å². The lowest BCUT2D eigenvalue weighted by Gasteiger charge is -2.34. The Morgan fingerprint density at radius 3 is 2.57 bits per heavy atom. The second-order valence-electron chi connectivity index (χ2n) is 7.14. The van der Waals surface area contributed by atoms with Gasteiger partial charge in [0.15, 0.2) is 0 Å². The molecule has 0 spiro atoms. The van der Waals surface area contributed by atoms with Gasteiger partial charge in [0.05, 0.1) is 11.5 Å². The molecule has 0 saturated carbocycles. The maximum absolute atomic E-state index is 12.8. The summed E-state index contributed by atoms with van der Waals surface area (Å²) in [4.78, 5) is 29.1. The quantitative estimate of drug-likeness (QED) is 0.798. The molecule has 3 rings (SSSR count). The largest absolute Gasteiger partial charge is 0.434 e. The van der Waals surface area contributed by atoms with Gasteiger partial charge < -0.3 is 20.3 Å². The second-order valence-corrected chi connectivity index (χ2v) is 7.14. The molecule has 2 heterocycles. The predicted octanol–water partition coefficient (Wildman–Crippen LogP) is 2.37. The number of alkyl halides is 2. The Hall–Kier alpha value is -1.93. The highest BCUT2D eigenvalue weighted by Gasteiger charge is 2.35. The van der Waals surface area contributed by atoms with Crippen molar-refractivity contribution in [2.75, 3.05) is 32.7 Å². The molecule has 0 aromatic heterocycles. The Kier molecular flexibility index (Phi) is 8.00. The molecular formula is C19H26ClF2N3O3. The lowest BCUT2D eigenvalue weighted by molar-refractivity contribution is -0.136. The summed E-state index contributed by atoms with van der Waals surface area (Å²) in [5.41, 5.74) is 5.79. The van der Waals surface area contributed by atoms with Gasteiger partial charge >= 0.3 is 6.61 Å². The molecule has 1 aromatic rings. The van der Waals surface area contributed by atoms with E-state index in [-0.39, 0.29) is 41.5 Å². The first-order valence-corrected chi connectivity index (χ1v) is 9.31. The van der Waals surface area contributed by atoms with E-state index in [0.717, 1.165) is 12.8 Å². The van der Waals surface area contributed by atoms with Crippen LogP contribution in [0.4, 0.5) is 8.78 Å². The van der Waals surface area contributed by atoms with Crippen LogP contribution in [0.2, 0.25) is 0 Å². The number of amides is 2. The molecule has 2 unspecified atom stereocenters. The molecule has 2 saturated heterocycles. The second kappa shape index (κ2) is 10.0. The lowest BCUT2D eigenvalue weighted by atomic mass is 9.95. The lowest BCUT2D eigenvalue weighted by Crippen LogP contribution is -2.46. The van der Waals surface area contributed by atoms with E-state index < -0.39 is 6.61 Å². The topological polar surface area (TPSA) is 75.9 Å². The molecule has 6 nitrogen and oxygen atoms in total. The summed E-state index contributed by atoms with van der Waals surface area (Å²) in [6.07, 6.45) is 2.34. The van der Waals surface area contributed by atoms with Crippen LogP contribution in [0.1, 0.15) is 29.6 Å². The Morgan fingerprint density at radius 2 is 1.89 bits per heavy atom. The van der Waals surface area contributed by atoms with Gasteiger partial charge in [0.1, 0.15) is 5.75 Å². The maximum atomic E-state index is 12.8. The number of rotatable bonds is 5. The summed E-state index contributed by atoms with van der Waals surface area (Å²) in [5, 5.41) is 0. The first kappa shape index (κ1) is 22.4. The van der Waals surface area contributed by atoms with Crippen LogP contribution >= 0.6 is 12.4 Å². The highest BCUT2D eigenvalue weighted by atomic mass is 35.5. The minimum atomic E-state index is -3.00. The zero-order valence-electron chi connectivity index (χ0n) is 15.6. The number of carbonyl (C=O) groups excluding carboxylic acids is 2. The number of piperidine rings is 1. The molecule has 2 aliphatic heterocycles. The molecule has 2 fully saturated rings. The number of hydrogen-bond donors (Lipinski definition) is 1. The highest BCUT2D eigenvalue weighted by Crippen LogP contribution is 2.27. The van der Waals surface area contributed by atoms with E-state index in [4.69, 9.17) is 5.73 Å². The van der Waals surface area contributed by atoms with Crippen molar-refractivity contribution in [3.05, 3.63) is 29.8 Å². The van der Waals surface area contributed by atoms with E-state index in [0.29, 0.717) is 45.1 Å². The summed E-state index contributed by atoms with van der Waals surface area (Å²) in [6.45, 7) is -0.261. The number of ether oxygens (including phenoxy) is 1. The molecule has 0 radical (unpaired) electrons. The van der Waals surface area contributed by atoms with Crippen LogP contribution in [0.15, 0.2) is 24.3 Å². The Bertz CT molecular complexity index is 692. The molecule has 9 heteroatoms. The van der Waals surface area contributed by atoms with Crippen LogP contribution in [0.5, 0.6) is 5.75 Å². The highest BCUT2D eigenvalue weighted by molar-refractivity contribution is 5.97. The van der Waals surface area contributed by atoms with E-state index >= 15 is 0 Å². The first-order chi connectivity index (χ1) is 13.0. The molecule has 2 N–H and O–H groups in total. The molecule has 2 atom stereocenters. The fourth-order valence-electron chi connectivity index (χ4n) is 3.86. The fourth-order valence-corrected chi connectivity index (χ4v) is 3.86. The molecule has 0 bridgehead atoms. The summed E-state index contributed by atoms with van der Waals surface area (Å²) >= 11 is 0. The normalized spacial score (nSPS) is 22.1. The Morgan fingerprint density at radius 1 is 1.14 bits per heavy atom. The van der Waals surface area contributed by atoms with E-state index in [9.17, 15) is 18.4 Å². The molecule has 1 aromatic carbocycles. The number of nitrogens with zero attached hydrogens (tertiary/aromatic N) is 2. The third kappa shape index (κ3) is 5.11. The van der Waals surface area contributed by atoms with Gasteiger partial charge in [-0.05, 0) is 43.9 Å². The van der Waals surface area contributed by atoms with Crippen molar-refractivity contribution in [1.29, 1.82) is 0 Å². The number of nitrogens with two attached hydrogens (primary N) is 1. The van der Waals surface area contributed by atoms with Crippen LogP contribution < -0.4 is 10.5 Å². The molecular weight excluding hydrogens is 392 g/mol. The molecule has 2 amide bonds.